The molecule has 162 valence electrons. The van der Waals surface area contributed by atoms with Crippen molar-refractivity contribution in [2.75, 3.05) is 0 Å². The Morgan fingerprint density at radius 3 is 2.71 bits per heavy atom. The molecule has 2 amide bonds. The lowest BCUT2D eigenvalue weighted by Gasteiger charge is -2.28. The van der Waals surface area contributed by atoms with Crippen LogP contribution in [-0.2, 0) is 19.5 Å². The molecule has 1 aromatic carbocycles. The largest absolute Gasteiger partial charge is 0.335 e. The quantitative estimate of drug-likeness (QED) is 0.617. The van der Waals surface area contributed by atoms with E-state index in [1.165, 1.54) is 12.0 Å². The van der Waals surface area contributed by atoms with E-state index in [2.05, 4.69) is 28.3 Å². The molecular formula is C25H30N4O2. The number of aryl methyl sites for hydroxylation is 1. The van der Waals surface area contributed by atoms with Gasteiger partial charge in [0.15, 0.2) is 0 Å². The zero-order valence-electron chi connectivity index (χ0n) is 18.1. The number of carbonyl (C=O) groups excluding carboxylic acids is 1. The van der Waals surface area contributed by atoms with Gasteiger partial charge in [-0.3, -0.25) is 9.78 Å². The molecule has 0 spiro atoms. The van der Waals surface area contributed by atoms with Crippen molar-refractivity contribution in [3.8, 4) is 0 Å². The number of aromatic amines is 1. The summed E-state index contributed by atoms with van der Waals surface area (Å²) in [7, 11) is 0. The first-order valence-electron chi connectivity index (χ1n) is 11.2. The molecule has 2 heterocycles. The van der Waals surface area contributed by atoms with Crippen LogP contribution in [0.4, 0.5) is 4.79 Å². The van der Waals surface area contributed by atoms with Gasteiger partial charge in [0.1, 0.15) is 0 Å². The lowest BCUT2D eigenvalue weighted by molar-refractivity contribution is 0.184. The fourth-order valence-electron chi connectivity index (χ4n) is 4.27. The van der Waals surface area contributed by atoms with Crippen LogP contribution in [0.2, 0.25) is 0 Å². The third-order valence-electron chi connectivity index (χ3n) is 6.07. The highest BCUT2D eigenvalue weighted by molar-refractivity contribution is 5.80. The number of amides is 2. The number of aromatic nitrogens is 2. The smallest absolute Gasteiger partial charge is 0.318 e. The van der Waals surface area contributed by atoms with Crippen molar-refractivity contribution in [1.82, 2.24) is 20.2 Å². The third-order valence-corrected chi connectivity index (χ3v) is 6.07. The number of urea groups is 1. The second-order valence-corrected chi connectivity index (χ2v) is 8.40. The van der Waals surface area contributed by atoms with E-state index in [1.807, 2.05) is 30.3 Å². The Morgan fingerprint density at radius 1 is 1.13 bits per heavy atom. The summed E-state index contributed by atoms with van der Waals surface area (Å²) in [6.45, 7) is 2.76. The molecule has 0 atom stereocenters. The number of fused-ring (bicyclic) bond motifs is 1. The average molecular weight is 419 g/mol. The first kappa shape index (κ1) is 21.1. The Morgan fingerprint density at radius 2 is 1.97 bits per heavy atom. The van der Waals surface area contributed by atoms with E-state index in [0.29, 0.717) is 12.1 Å². The minimum absolute atomic E-state index is 0.127. The monoisotopic (exact) mass is 418 g/mol. The maximum atomic E-state index is 13.2. The fourth-order valence-corrected chi connectivity index (χ4v) is 4.27. The van der Waals surface area contributed by atoms with Gasteiger partial charge in [-0.05, 0) is 60.0 Å². The highest BCUT2D eigenvalue weighted by atomic mass is 16.2. The highest BCUT2D eigenvalue weighted by Gasteiger charge is 2.21. The number of pyridine rings is 2. The average Bonchev–Trinajstić information content (AvgIpc) is 2.80. The molecule has 0 bridgehead atoms. The van der Waals surface area contributed by atoms with E-state index < -0.39 is 0 Å². The van der Waals surface area contributed by atoms with Gasteiger partial charge in [0.25, 0.3) is 5.56 Å². The first-order valence-corrected chi connectivity index (χ1v) is 11.2. The Kier molecular flexibility index (Phi) is 6.65. The second kappa shape index (κ2) is 9.77. The van der Waals surface area contributed by atoms with Crippen LogP contribution in [0.3, 0.4) is 0 Å². The number of nitrogens with one attached hydrogen (secondary N) is 2. The molecule has 0 aliphatic heterocycles. The zero-order chi connectivity index (χ0) is 21.6. The summed E-state index contributed by atoms with van der Waals surface area (Å²) in [5.41, 5.74) is 3.40. The number of H-pyrrole nitrogens is 1. The van der Waals surface area contributed by atoms with Crippen molar-refractivity contribution < 1.29 is 4.79 Å². The molecule has 1 aliphatic carbocycles. The Labute approximate surface area is 182 Å². The lowest BCUT2D eigenvalue weighted by Crippen LogP contribution is -2.45. The van der Waals surface area contributed by atoms with Crippen molar-refractivity contribution in [2.24, 2.45) is 0 Å². The van der Waals surface area contributed by atoms with Crippen LogP contribution < -0.4 is 10.9 Å². The number of rotatable bonds is 6. The topological polar surface area (TPSA) is 78.1 Å². The van der Waals surface area contributed by atoms with Gasteiger partial charge in [0.05, 0.1) is 6.54 Å². The first-order chi connectivity index (χ1) is 15.1. The predicted molar refractivity (Wildman–Crippen MR) is 123 cm³/mol. The van der Waals surface area contributed by atoms with Crippen LogP contribution in [0.5, 0.6) is 0 Å². The summed E-state index contributed by atoms with van der Waals surface area (Å²) < 4.78 is 0. The third kappa shape index (κ3) is 5.32. The SMILES string of the molecule is CCc1ccc2[nH]c(=O)c(CN(Cc3cccnc3)C(=O)NC3CCCCC3)cc2c1. The van der Waals surface area contributed by atoms with Gasteiger partial charge < -0.3 is 15.2 Å². The Bertz CT molecular complexity index is 1090. The summed E-state index contributed by atoms with van der Waals surface area (Å²) in [4.78, 5) is 34.8. The van der Waals surface area contributed by atoms with Gasteiger partial charge in [-0.25, -0.2) is 4.79 Å². The molecule has 4 rings (SSSR count). The van der Waals surface area contributed by atoms with Crippen molar-refractivity contribution in [2.45, 2.75) is 64.6 Å². The number of carbonyl (C=O) groups is 1. The van der Waals surface area contributed by atoms with Gasteiger partial charge in [-0.1, -0.05) is 38.3 Å². The molecule has 2 N–H and O–H groups in total. The van der Waals surface area contributed by atoms with Gasteiger partial charge in [-0.15, -0.1) is 0 Å². The molecule has 0 saturated heterocycles. The number of hydrogen-bond donors (Lipinski definition) is 2. The van der Waals surface area contributed by atoms with E-state index in [1.54, 1.807) is 17.3 Å². The van der Waals surface area contributed by atoms with Crippen LogP contribution in [0.1, 0.15) is 55.7 Å². The molecular weight excluding hydrogens is 388 g/mol. The van der Waals surface area contributed by atoms with Gasteiger partial charge in [0, 0.05) is 36.1 Å². The van der Waals surface area contributed by atoms with Crippen molar-refractivity contribution in [3.63, 3.8) is 0 Å². The van der Waals surface area contributed by atoms with Crippen LogP contribution in [-0.4, -0.2) is 26.9 Å². The van der Waals surface area contributed by atoms with Crippen molar-refractivity contribution in [3.05, 3.63) is 75.8 Å². The minimum Gasteiger partial charge on any atom is -0.335 e. The number of hydrogen-bond acceptors (Lipinski definition) is 3. The molecule has 1 saturated carbocycles. The molecule has 1 fully saturated rings. The normalized spacial score (nSPS) is 14.5. The van der Waals surface area contributed by atoms with Crippen LogP contribution >= 0.6 is 0 Å². The molecule has 6 nitrogen and oxygen atoms in total. The van der Waals surface area contributed by atoms with Crippen LogP contribution in [0, 0.1) is 0 Å². The highest BCUT2D eigenvalue weighted by Crippen LogP contribution is 2.19. The van der Waals surface area contributed by atoms with Gasteiger partial charge in [0.2, 0.25) is 0 Å². The summed E-state index contributed by atoms with van der Waals surface area (Å²) in [6, 6.07) is 11.9. The van der Waals surface area contributed by atoms with E-state index in [-0.39, 0.29) is 24.2 Å². The molecule has 1 aliphatic rings. The molecule has 2 aromatic heterocycles. The van der Waals surface area contributed by atoms with Crippen LogP contribution in [0.15, 0.2) is 53.6 Å². The number of benzene rings is 1. The summed E-state index contributed by atoms with van der Waals surface area (Å²) in [5, 5.41) is 4.18. The molecule has 0 unspecified atom stereocenters. The van der Waals surface area contributed by atoms with Crippen molar-refractivity contribution in [1.29, 1.82) is 0 Å². The predicted octanol–water partition coefficient (Wildman–Crippen LogP) is 4.53. The standard InChI is InChI=1S/C25H30N4O2/c1-2-18-10-11-23-20(13-18)14-21(24(30)28-23)17-29(16-19-7-6-12-26-15-19)25(31)27-22-8-4-3-5-9-22/h6-7,10-15,22H,2-5,8-9,16-17H2,1H3,(H,27,31)(H,28,30). The summed E-state index contributed by atoms with van der Waals surface area (Å²) in [5.74, 6) is 0. The van der Waals surface area contributed by atoms with Gasteiger partial charge in [-0.2, -0.15) is 0 Å². The Balaban J connectivity index is 1.60. The molecule has 0 radical (unpaired) electrons. The van der Waals surface area contributed by atoms with E-state index in [9.17, 15) is 9.59 Å². The zero-order valence-corrected chi connectivity index (χ0v) is 18.1. The lowest BCUT2D eigenvalue weighted by atomic mass is 9.96. The number of nitrogens with zero attached hydrogens (tertiary/aromatic N) is 2. The maximum absolute atomic E-state index is 13.2. The minimum atomic E-state index is -0.154. The van der Waals surface area contributed by atoms with Gasteiger partial charge >= 0.3 is 6.03 Å². The Hall–Kier alpha value is -3.15. The van der Waals surface area contributed by atoms with Crippen LogP contribution in [0.25, 0.3) is 10.9 Å². The summed E-state index contributed by atoms with van der Waals surface area (Å²) >= 11 is 0. The molecule has 3 aromatic rings. The van der Waals surface area contributed by atoms with E-state index in [4.69, 9.17) is 0 Å². The molecule has 6 heteroatoms. The second-order valence-electron chi connectivity index (χ2n) is 8.40. The van der Waals surface area contributed by atoms with E-state index >= 15 is 0 Å². The fraction of sp³-hybridized carbons (Fsp3) is 0.400. The maximum Gasteiger partial charge on any atom is 0.318 e. The van der Waals surface area contributed by atoms with Crippen molar-refractivity contribution >= 4 is 16.9 Å². The van der Waals surface area contributed by atoms with E-state index in [0.717, 1.165) is 48.6 Å². The molecule has 31 heavy (non-hydrogen) atoms. The summed E-state index contributed by atoms with van der Waals surface area (Å²) in [6.07, 6.45) is 9.98.